The van der Waals surface area contributed by atoms with Crippen molar-refractivity contribution in [2.75, 3.05) is 26.4 Å². The number of unbranched alkanes of at least 4 members (excludes halogenated alkanes) is 45. The molecule has 3 heterocycles. The Kier molecular flexibility index (Phi) is 54.1. The summed E-state index contributed by atoms with van der Waals surface area (Å²) in [7, 11) is 0. The van der Waals surface area contributed by atoms with Crippen LogP contribution in [0.3, 0.4) is 0 Å². The first-order valence-electron chi connectivity index (χ1n) is 39.6. The molecule has 12 N–H and O–H groups in total. The molecule has 19 nitrogen and oxygen atoms in total. The maximum atomic E-state index is 13.5. The smallest absolute Gasteiger partial charge is 0.220 e. The second-order valence-corrected chi connectivity index (χ2v) is 28.5. The van der Waals surface area contributed by atoms with Crippen LogP contribution in [-0.2, 0) is 33.2 Å². The van der Waals surface area contributed by atoms with Gasteiger partial charge in [0, 0.05) is 6.42 Å². The third-order valence-electron chi connectivity index (χ3n) is 20.0. The van der Waals surface area contributed by atoms with Crippen molar-refractivity contribution in [1.82, 2.24) is 5.32 Å². The van der Waals surface area contributed by atoms with Gasteiger partial charge < -0.3 is 89.9 Å². The van der Waals surface area contributed by atoms with Gasteiger partial charge in [-0.3, -0.25) is 4.79 Å². The van der Waals surface area contributed by atoms with Gasteiger partial charge in [-0.1, -0.05) is 301 Å². The van der Waals surface area contributed by atoms with Crippen molar-refractivity contribution in [2.45, 2.75) is 433 Å². The van der Waals surface area contributed by atoms with E-state index in [1.165, 1.54) is 257 Å². The van der Waals surface area contributed by atoms with Crippen LogP contribution >= 0.6 is 0 Å². The van der Waals surface area contributed by atoms with Crippen molar-refractivity contribution in [3.05, 3.63) is 24.3 Å². The van der Waals surface area contributed by atoms with Crippen LogP contribution in [0.25, 0.3) is 0 Å². The number of carbonyl (C=O) groups excluding carboxylic acids is 1. The summed E-state index contributed by atoms with van der Waals surface area (Å²) >= 11 is 0. The Morgan fingerprint density at radius 3 is 1.01 bits per heavy atom. The van der Waals surface area contributed by atoms with Gasteiger partial charge in [-0.15, -0.1) is 0 Å². The minimum Gasteiger partial charge on any atom is -0.394 e. The quantitative estimate of drug-likeness (QED) is 0.0199. The minimum absolute atomic E-state index is 0.248. The van der Waals surface area contributed by atoms with E-state index in [2.05, 4.69) is 31.3 Å². The minimum atomic E-state index is -1.98. The van der Waals surface area contributed by atoms with Gasteiger partial charge in [-0.2, -0.15) is 0 Å². The number of aliphatic hydroxyl groups is 11. The Morgan fingerprint density at radius 1 is 0.365 bits per heavy atom. The molecule has 0 aliphatic carbocycles. The van der Waals surface area contributed by atoms with Crippen molar-refractivity contribution in [2.24, 2.45) is 0 Å². The van der Waals surface area contributed by atoms with Crippen LogP contribution in [0.5, 0.6) is 0 Å². The summed E-state index contributed by atoms with van der Waals surface area (Å²) in [6, 6.07) is -0.971. The summed E-state index contributed by atoms with van der Waals surface area (Å²) in [5, 5.41) is 121. The first kappa shape index (κ1) is 88.5. The van der Waals surface area contributed by atoms with Crippen LogP contribution in [0.1, 0.15) is 328 Å². The second kappa shape index (κ2) is 58.7. The lowest BCUT2D eigenvalue weighted by atomic mass is 9.96. The Balaban J connectivity index is 1.35. The lowest BCUT2D eigenvalue weighted by molar-refractivity contribution is -0.379. The van der Waals surface area contributed by atoms with Gasteiger partial charge in [0.05, 0.1) is 38.6 Å². The van der Waals surface area contributed by atoms with E-state index in [1.54, 1.807) is 6.08 Å². The topological polar surface area (TPSA) is 307 Å². The zero-order chi connectivity index (χ0) is 69.6. The SMILES string of the molecule is CCCCCCCCCC/C=C\CCCCCCCCCCCCCCCCCCCCCCCC(=O)NC(COC1OC(CO)C(OC2OC(CO)C(OC3OC(CO)C(O)C(O)C3O)C(O)C2O)C(O)C1O)C(O)/C=C/CCCCCCCCCCCCCCCCCC. The number of carbonyl (C=O) groups is 1. The Bertz CT molecular complexity index is 1830. The molecule has 566 valence electrons. The highest BCUT2D eigenvalue weighted by Gasteiger charge is 2.53. The van der Waals surface area contributed by atoms with Gasteiger partial charge in [0.15, 0.2) is 18.9 Å². The molecule has 0 saturated carbocycles. The van der Waals surface area contributed by atoms with Gasteiger partial charge in [0.2, 0.25) is 5.91 Å². The summed E-state index contributed by atoms with van der Waals surface area (Å²) in [4.78, 5) is 13.5. The third kappa shape index (κ3) is 39.1. The molecule has 1 amide bonds. The Hall–Kier alpha value is -1.73. The highest BCUT2D eigenvalue weighted by Crippen LogP contribution is 2.33. The highest BCUT2D eigenvalue weighted by atomic mass is 16.8. The van der Waals surface area contributed by atoms with Gasteiger partial charge in [-0.05, 0) is 44.9 Å². The molecule has 17 atom stereocenters. The number of hydrogen-bond donors (Lipinski definition) is 12. The average Bonchev–Trinajstić information content (AvgIpc) is 0.787. The lowest BCUT2D eigenvalue weighted by Gasteiger charge is -2.48. The zero-order valence-corrected chi connectivity index (χ0v) is 60.4. The van der Waals surface area contributed by atoms with Crippen LogP contribution in [0.15, 0.2) is 24.3 Å². The molecule has 3 rings (SSSR count). The molecular weight excluding hydrogens is 1230 g/mol. The Morgan fingerprint density at radius 2 is 0.656 bits per heavy atom. The molecule has 3 saturated heterocycles. The van der Waals surface area contributed by atoms with E-state index in [0.29, 0.717) is 6.42 Å². The molecule has 3 fully saturated rings. The van der Waals surface area contributed by atoms with Gasteiger partial charge >= 0.3 is 0 Å². The third-order valence-corrected chi connectivity index (χ3v) is 20.0. The molecule has 0 spiro atoms. The zero-order valence-electron chi connectivity index (χ0n) is 60.4. The monoisotopic (exact) mass is 1370 g/mol. The molecule has 96 heavy (non-hydrogen) atoms. The number of hydrogen-bond acceptors (Lipinski definition) is 18. The summed E-state index contributed by atoms with van der Waals surface area (Å²) in [5.74, 6) is -0.269. The first-order chi connectivity index (χ1) is 46.8. The number of ether oxygens (including phenoxy) is 6. The van der Waals surface area contributed by atoms with E-state index >= 15 is 0 Å². The van der Waals surface area contributed by atoms with E-state index in [9.17, 15) is 61.0 Å². The van der Waals surface area contributed by atoms with Gasteiger partial charge in [-0.25, -0.2) is 0 Å². The van der Waals surface area contributed by atoms with Crippen LogP contribution in [0.4, 0.5) is 0 Å². The predicted molar refractivity (Wildman–Crippen MR) is 379 cm³/mol. The van der Waals surface area contributed by atoms with E-state index in [1.807, 2.05) is 6.08 Å². The molecule has 3 aliphatic heterocycles. The Labute approximate surface area is 581 Å². The normalized spacial score (nSPS) is 27.1. The fourth-order valence-electron chi connectivity index (χ4n) is 13.6. The van der Waals surface area contributed by atoms with E-state index in [-0.39, 0.29) is 18.9 Å². The molecule has 3 aliphatic rings. The van der Waals surface area contributed by atoms with Crippen molar-refractivity contribution in [1.29, 1.82) is 0 Å². The number of nitrogens with one attached hydrogen (secondary N) is 1. The highest BCUT2D eigenvalue weighted by molar-refractivity contribution is 5.76. The molecule has 0 aromatic rings. The fraction of sp³-hybridized carbons (Fsp3) is 0.935. The first-order valence-corrected chi connectivity index (χ1v) is 39.6. The van der Waals surface area contributed by atoms with E-state index in [4.69, 9.17) is 28.4 Å². The standard InChI is InChI=1S/C77H145NO18/c1-3-5-7-9-11-13-15-17-19-21-23-24-25-26-27-28-29-30-31-32-33-34-35-36-37-39-41-43-45-47-49-51-53-55-65(83)78-60(61(82)54-52-50-48-46-44-42-40-38-22-20-18-16-14-12-10-8-6-4-2)59-91-75-71(89)68(86)73(63(57-80)93-75)96-77-72(90)69(87)74(64(58-81)94-77)95-76-70(88)67(85)66(84)62(56-79)92-76/h21,23,52,54,60-64,66-77,79-82,84-90H,3-20,22,24-51,53,55-59H2,1-2H3,(H,78,83)/b23-21-,54-52+. The molecular formula is C77H145NO18. The van der Waals surface area contributed by atoms with Gasteiger partial charge in [0.1, 0.15) is 73.2 Å². The van der Waals surface area contributed by atoms with Crippen molar-refractivity contribution in [3.63, 3.8) is 0 Å². The lowest BCUT2D eigenvalue weighted by Crippen LogP contribution is -2.66. The number of allylic oxidation sites excluding steroid dienone is 3. The summed E-state index contributed by atoms with van der Waals surface area (Å²) in [6.07, 6.45) is 43.2. The maximum Gasteiger partial charge on any atom is 0.220 e. The van der Waals surface area contributed by atoms with Gasteiger partial charge in [0.25, 0.3) is 0 Å². The predicted octanol–water partition coefficient (Wildman–Crippen LogP) is 12.6. The van der Waals surface area contributed by atoms with E-state index < -0.39 is 124 Å². The summed E-state index contributed by atoms with van der Waals surface area (Å²) in [5.41, 5.74) is 0. The number of rotatable bonds is 63. The molecule has 19 heteroatoms. The van der Waals surface area contributed by atoms with Crippen LogP contribution in [0, 0.1) is 0 Å². The molecule has 0 aromatic heterocycles. The van der Waals surface area contributed by atoms with Crippen molar-refractivity contribution >= 4 is 5.91 Å². The van der Waals surface area contributed by atoms with Crippen molar-refractivity contribution in [3.8, 4) is 0 Å². The maximum absolute atomic E-state index is 13.5. The van der Waals surface area contributed by atoms with Crippen LogP contribution in [-0.4, -0.2) is 193 Å². The summed E-state index contributed by atoms with van der Waals surface area (Å²) < 4.78 is 34.4. The molecule has 17 unspecified atom stereocenters. The average molecular weight is 1370 g/mol. The van der Waals surface area contributed by atoms with Crippen LogP contribution < -0.4 is 5.32 Å². The van der Waals surface area contributed by atoms with Crippen LogP contribution in [0.2, 0.25) is 0 Å². The van der Waals surface area contributed by atoms with E-state index in [0.717, 1.165) is 44.9 Å². The number of aliphatic hydroxyl groups excluding tert-OH is 11. The largest absolute Gasteiger partial charge is 0.394 e. The summed E-state index contributed by atoms with van der Waals surface area (Å²) in [6.45, 7) is 1.78. The molecule has 0 radical (unpaired) electrons. The number of amides is 1. The molecule has 0 aromatic carbocycles. The fourth-order valence-corrected chi connectivity index (χ4v) is 13.6. The van der Waals surface area contributed by atoms with Crippen molar-refractivity contribution < 1.29 is 89.4 Å². The second-order valence-electron chi connectivity index (χ2n) is 28.5. The molecule has 0 bridgehead atoms.